The summed E-state index contributed by atoms with van der Waals surface area (Å²) in [7, 11) is 0. The number of likely N-dealkylation sites (tertiary alicyclic amines) is 1. The van der Waals surface area contributed by atoms with Crippen LogP contribution in [-0.4, -0.2) is 49.8 Å². The average Bonchev–Trinajstić information content (AvgIpc) is 3.03. The number of hydrogen-bond acceptors (Lipinski definition) is 6. The third kappa shape index (κ3) is 4.30. The van der Waals surface area contributed by atoms with E-state index >= 15 is 0 Å². The maximum atomic E-state index is 11.7. The topological polar surface area (TPSA) is 88.6 Å². The summed E-state index contributed by atoms with van der Waals surface area (Å²) >= 11 is 0. The van der Waals surface area contributed by atoms with Crippen molar-refractivity contribution in [2.24, 2.45) is 23.5 Å². The quantitative estimate of drug-likeness (QED) is 0.714. The maximum Gasteiger partial charge on any atom is 0.323 e. The molecule has 1 heterocycles. The Kier molecular flexibility index (Phi) is 5.57. The first-order valence-electron chi connectivity index (χ1n) is 8.88. The van der Waals surface area contributed by atoms with Crippen LogP contribution in [0.3, 0.4) is 0 Å². The lowest BCUT2D eigenvalue weighted by Gasteiger charge is -2.18. The summed E-state index contributed by atoms with van der Waals surface area (Å²) in [4.78, 5) is 14.1. The van der Waals surface area contributed by atoms with Crippen LogP contribution in [0.5, 0.6) is 5.75 Å². The van der Waals surface area contributed by atoms with Crippen molar-refractivity contribution < 1.29 is 14.3 Å². The number of ether oxygens (including phenoxy) is 2. The van der Waals surface area contributed by atoms with Crippen molar-refractivity contribution in [3.05, 3.63) is 29.8 Å². The van der Waals surface area contributed by atoms with Gasteiger partial charge in [0.2, 0.25) is 0 Å². The van der Waals surface area contributed by atoms with E-state index in [0.29, 0.717) is 30.9 Å². The molecule has 4 atom stereocenters. The van der Waals surface area contributed by atoms with Crippen LogP contribution >= 0.6 is 0 Å². The molecule has 134 valence electrons. The molecule has 1 aromatic rings. The van der Waals surface area contributed by atoms with Crippen molar-refractivity contribution in [1.29, 1.82) is 5.26 Å². The first kappa shape index (κ1) is 17.7. The second kappa shape index (κ2) is 7.85. The summed E-state index contributed by atoms with van der Waals surface area (Å²) in [6, 6.07) is 9.98. The van der Waals surface area contributed by atoms with E-state index in [2.05, 4.69) is 4.90 Å². The molecule has 0 amide bonds. The van der Waals surface area contributed by atoms with E-state index in [0.717, 1.165) is 30.9 Å². The SMILES string of the molecule is CCOC(=O)C(C#N)Cc1ccc(OCCN2C[C@@H]3C(N)[C@@H]3C2)cc1. The Balaban J connectivity index is 1.41. The zero-order chi connectivity index (χ0) is 17.8. The van der Waals surface area contributed by atoms with Gasteiger partial charge in [-0.25, -0.2) is 0 Å². The highest BCUT2D eigenvalue weighted by atomic mass is 16.5. The number of rotatable bonds is 8. The molecule has 1 aliphatic heterocycles. The Morgan fingerprint density at radius 1 is 1.36 bits per heavy atom. The lowest BCUT2D eigenvalue weighted by molar-refractivity contribution is -0.145. The minimum absolute atomic E-state index is 0.286. The van der Waals surface area contributed by atoms with Crippen LogP contribution in [0, 0.1) is 29.1 Å². The Labute approximate surface area is 148 Å². The Morgan fingerprint density at radius 2 is 2.04 bits per heavy atom. The molecule has 6 heteroatoms. The molecule has 2 unspecified atom stereocenters. The number of carbonyl (C=O) groups excluding carboxylic acids is 1. The van der Waals surface area contributed by atoms with E-state index in [1.165, 1.54) is 0 Å². The van der Waals surface area contributed by atoms with Crippen molar-refractivity contribution in [2.45, 2.75) is 19.4 Å². The standard InChI is InChI=1S/C19H25N3O3/c1-2-24-19(23)14(10-20)9-13-3-5-15(6-4-13)25-8-7-22-11-16-17(12-22)18(16)21/h3-6,14,16-18H,2,7-9,11-12,21H2,1H3/t14?,16-,17+,18?. The van der Waals surface area contributed by atoms with Crippen molar-refractivity contribution in [3.63, 3.8) is 0 Å². The molecule has 6 nitrogen and oxygen atoms in total. The number of nitrogens with two attached hydrogens (primary N) is 1. The molecule has 0 bridgehead atoms. The number of piperidine rings is 1. The van der Waals surface area contributed by atoms with E-state index < -0.39 is 11.9 Å². The molecule has 3 rings (SSSR count). The van der Waals surface area contributed by atoms with Gasteiger partial charge in [0, 0.05) is 25.7 Å². The fourth-order valence-electron chi connectivity index (χ4n) is 3.52. The molecule has 1 saturated heterocycles. The van der Waals surface area contributed by atoms with E-state index in [1.54, 1.807) is 6.92 Å². The van der Waals surface area contributed by atoms with Crippen molar-refractivity contribution >= 4 is 5.97 Å². The normalized spacial score (nSPS) is 25.7. The smallest absolute Gasteiger partial charge is 0.323 e. The van der Waals surface area contributed by atoms with E-state index in [9.17, 15) is 4.79 Å². The van der Waals surface area contributed by atoms with Crippen LogP contribution in [-0.2, 0) is 16.0 Å². The Bertz CT molecular complexity index is 628. The number of carbonyl (C=O) groups is 1. The van der Waals surface area contributed by atoms with Gasteiger partial charge in [0.25, 0.3) is 0 Å². The highest BCUT2D eigenvalue weighted by Crippen LogP contribution is 2.43. The van der Waals surface area contributed by atoms with Crippen LogP contribution in [0.2, 0.25) is 0 Å². The monoisotopic (exact) mass is 343 g/mol. The number of hydrogen-bond donors (Lipinski definition) is 1. The van der Waals surface area contributed by atoms with Gasteiger partial charge in [-0.05, 0) is 42.9 Å². The van der Waals surface area contributed by atoms with Crippen LogP contribution in [0.15, 0.2) is 24.3 Å². The van der Waals surface area contributed by atoms with Gasteiger partial charge in [-0.2, -0.15) is 5.26 Å². The molecule has 0 aromatic heterocycles. The van der Waals surface area contributed by atoms with Gasteiger partial charge in [0.1, 0.15) is 18.3 Å². The summed E-state index contributed by atoms with van der Waals surface area (Å²) in [5.74, 6) is 0.973. The van der Waals surface area contributed by atoms with Gasteiger partial charge < -0.3 is 15.2 Å². The second-order valence-corrected chi connectivity index (χ2v) is 6.79. The summed E-state index contributed by atoms with van der Waals surface area (Å²) in [5.41, 5.74) is 6.86. The highest BCUT2D eigenvalue weighted by Gasteiger charge is 2.53. The molecule has 2 fully saturated rings. The minimum Gasteiger partial charge on any atom is -0.492 e. The van der Waals surface area contributed by atoms with Crippen LogP contribution in [0.1, 0.15) is 12.5 Å². The Hall–Kier alpha value is -2.10. The molecule has 0 radical (unpaired) electrons. The van der Waals surface area contributed by atoms with Gasteiger partial charge in [-0.3, -0.25) is 9.69 Å². The fraction of sp³-hybridized carbons (Fsp3) is 0.579. The number of nitrogens with zero attached hydrogens (tertiary/aromatic N) is 2. The zero-order valence-corrected chi connectivity index (χ0v) is 14.6. The summed E-state index contributed by atoms with van der Waals surface area (Å²) in [5, 5.41) is 9.11. The summed E-state index contributed by atoms with van der Waals surface area (Å²) in [6.45, 7) is 5.78. The maximum absolute atomic E-state index is 11.7. The molecular weight excluding hydrogens is 318 g/mol. The summed E-state index contributed by atoms with van der Waals surface area (Å²) in [6.07, 6.45) is 0.354. The predicted molar refractivity (Wildman–Crippen MR) is 92.8 cm³/mol. The molecule has 1 aromatic carbocycles. The highest BCUT2D eigenvalue weighted by molar-refractivity contribution is 5.75. The lowest BCUT2D eigenvalue weighted by atomic mass is 10.0. The first-order valence-corrected chi connectivity index (χ1v) is 8.88. The average molecular weight is 343 g/mol. The van der Waals surface area contributed by atoms with Gasteiger partial charge in [-0.1, -0.05) is 12.1 Å². The minimum atomic E-state index is -0.764. The van der Waals surface area contributed by atoms with Crippen LogP contribution in [0.4, 0.5) is 0 Å². The summed E-state index contributed by atoms with van der Waals surface area (Å²) < 4.78 is 10.7. The molecule has 25 heavy (non-hydrogen) atoms. The zero-order valence-electron chi connectivity index (χ0n) is 14.6. The molecular formula is C19H25N3O3. The van der Waals surface area contributed by atoms with Crippen LogP contribution in [0.25, 0.3) is 0 Å². The molecule has 0 spiro atoms. The fourth-order valence-corrected chi connectivity index (χ4v) is 3.52. The van der Waals surface area contributed by atoms with E-state index in [1.807, 2.05) is 30.3 Å². The van der Waals surface area contributed by atoms with Gasteiger partial charge in [0.15, 0.2) is 0 Å². The molecule has 1 aliphatic carbocycles. The largest absolute Gasteiger partial charge is 0.492 e. The second-order valence-electron chi connectivity index (χ2n) is 6.79. The van der Waals surface area contributed by atoms with Gasteiger partial charge >= 0.3 is 5.97 Å². The van der Waals surface area contributed by atoms with Crippen molar-refractivity contribution in [3.8, 4) is 11.8 Å². The van der Waals surface area contributed by atoms with Gasteiger partial charge in [0.05, 0.1) is 12.7 Å². The number of fused-ring (bicyclic) bond motifs is 1. The lowest BCUT2D eigenvalue weighted by Crippen LogP contribution is -2.31. The third-order valence-electron chi connectivity index (χ3n) is 5.10. The molecule has 2 N–H and O–H groups in total. The molecule has 2 aliphatic rings. The number of esters is 1. The molecule has 1 saturated carbocycles. The number of benzene rings is 1. The van der Waals surface area contributed by atoms with E-state index in [-0.39, 0.29) is 6.61 Å². The first-order chi connectivity index (χ1) is 12.1. The predicted octanol–water partition coefficient (Wildman–Crippen LogP) is 1.20. The third-order valence-corrected chi connectivity index (χ3v) is 5.10. The van der Waals surface area contributed by atoms with Crippen molar-refractivity contribution in [2.75, 3.05) is 32.8 Å². The van der Waals surface area contributed by atoms with E-state index in [4.69, 9.17) is 20.5 Å². The van der Waals surface area contributed by atoms with Gasteiger partial charge in [-0.15, -0.1) is 0 Å². The van der Waals surface area contributed by atoms with Crippen LogP contribution < -0.4 is 10.5 Å². The number of nitriles is 1. The van der Waals surface area contributed by atoms with Crippen molar-refractivity contribution in [1.82, 2.24) is 4.90 Å². The Morgan fingerprint density at radius 3 is 2.64 bits per heavy atom.